The number of benzene rings is 1. The van der Waals surface area contributed by atoms with Crippen molar-refractivity contribution in [1.29, 1.82) is 0 Å². The summed E-state index contributed by atoms with van der Waals surface area (Å²) in [6.07, 6.45) is 2.95. The van der Waals surface area contributed by atoms with Crippen LogP contribution in [-0.4, -0.2) is 40.9 Å². The third kappa shape index (κ3) is 4.19. The Morgan fingerprint density at radius 1 is 1.43 bits per heavy atom. The van der Waals surface area contributed by atoms with Gasteiger partial charge in [0, 0.05) is 18.7 Å². The number of amides is 1. The predicted molar refractivity (Wildman–Crippen MR) is 83.4 cm³/mol. The average molecular weight is 341 g/mol. The molecule has 0 saturated carbocycles. The van der Waals surface area contributed by atoms with E-state index >= 15 is 0 Å². The van der Waals surface area contributed by atoms with E-state index in [1.165, 1.54) is 12.1 Å². The van der Waals surface area contributed by atoms with E-state index in [-0.39, 0.29) is 34.8 Å². The van der Waals surface area contributed by atoms with Gasteiger partial charge in [0.05, 0.1) is 10.5 Å². The van der Waals surface area contributed by atoms with E-state index < -0.39 is 10.9 Å². The van der Waals surface area contributed by atoms with Crippen LogP contribution >= 0.6 is 11.6 Å². The topological polar surface area (TPSA) is 89.8 Å². The summed E-state index contributed by atoms with van der Waals surface area (Å²) in [5.41, 5.74) is -0.391. The minimum Gasteiger partial charge on any atom is -0.452 e. The largest absolute Gasteiger partial charge is 0.452 e. The molecule has 1 fully saturated rings. The Morgan fingerprint density at radius 2 is 2.17 bits per heavy atom. The highest BCUT2D eigenvalue weighted by atomic mass is 35.5. The number of carbonyl (C=O) groups is 2. The number of rotatable bonds is 4. The number of piperidine rings is 1. The molecule has 1 aliphatic heterocycles. The third-order valence-electron chi connectivity index (χ3n) is 3.83. The summed E-state index contributed by atoms with van der Waals surface area (Å²) in [6, 6.07) is 3.75. The van der Waals surface area contributed by atoms with Crippen molar-refractivity contribution in [1.82, 2.24) is 4.90 Å². The van der Waals surface area contributed by atoms with Gasteiger partial charge in [0.2, 0.25) is 0 Å². The Bertz CT molecular complexity index is 634. The lowest BCUT2D eigenvalue weighted by Crippen LogP contribution is -2.44. The molecule has 1 aromatic carbocycles. The number of hydrogen-bond acceptors (Lipinski definition) is 5. The summed E-state index contributed by atoms with van der Waals surface area (Å²) in [5, 5.41) is 10.7. The van der Waals surface area contributed by atoms with Crippen molar-refractivity contribution in [2.24, 2.45) is 0 Å². The third-order valence-corrected chi connectivity index (χ3v) is 4.15. The highest BCUT2D eigenvalue weighted by molar-refractivity contribution is 6.32. The summed E-state index contributed by atoms with van der Waals surface area (Å²) >= 11 is 5.69. The van der Waals surface area contributed by atoms with Crippen LogP contribution in [0.15, 0.2) is 18.2 Å². The highest BCUT2D eigenvalue weighted by Crippen LogP contribution is 2.25. The van der Waals surface area contributed by atoms with E-state index in [0.29, 0.717) is 6.54 Å². The molecule has 2 rings (SSSR count). The number of halogens is 1. The number of carbonyl (C=O) groups excluding carboxylic acids is 2. The Morgan fingerprint density at radius 3 is 2.83 bits per heavy atom. The molecule has 1 atom stereocenters. The van der Waals surface area contributed by atoms with Gasteiger partial charge in [-0.05, 0) is 38.3 Å². The highest BCUT2D eigenvalue weighted by Gasteiger charge is 2.24. The van der Waals surface area contributed by atoms with Crippen LogP contribution in [-0.2, 0) is 9.53 Å². The van der Waals surface area contributed by atoms with Crippen molar-refractivity contribution in [2.45, 2.75) is 32.2 Å². The van der Waals surface area contributed by atoms with E-state index in [2.05, 4.69) is 0 Å². The van der Waals surface area contributed by atoms with Gasteiger partial charge < -0.3 is 9.64 Å². The van der Waals surface area contributed by atoms with Crippen molar-refractivity contribution < 1.29 is 19.2 Å². The number of esters is 1. The fraction of sp³-hybridized carbons (Fsp3) is 0.467. The van der Waals surface area contributed by atoms with E-state index in [4.69, 9.17) is 16.3 Å². The summed E-state index contributed by atoms with van der Waals surface area (Å²) in [4.78, 5) is 35.9. The number of ether oxygens (including phenoxy) is 1. The summed E-state index contributed by atoms with van der Waals surface area (Å²) in [5.74, 6) is -1.04. The molecule has 1 saturated heterocycles. The van der Waals surface area contributed by atoms with Gasteiger partial charge in [-0.2, -0.15) is 0 Å². The Labute approximate surface area is 138 Å². The number of nitro groups is 1. The zero-order chi connectivity index (χ0) is 17.0. The Hall–Kier alpha value is -2.15. The Balaban J connectivity index is 1.98. The first-order valence-electron chi connectivity index (χ1n) is 7.30. The lowest BCUT2D eigenvalue weighted by atomic mass is 10.0. The summed E-state index contributed by atoms with van der Waals surface area (Å²) in [7, 11) is 0. The molecular weight excluding hydrogens is 324 g/mol. The minimum absolute atomic E-state index is 0.0133. The minimum atomic E-state index is -0.789. The zero-order valence-corrected chi connectivity index (χ0v) is 13.4. The van der Waals surface area contributed by atoms with Crippen LogP contribution in [0.1, 0.15) is 36.5 Å². The van der Waals surface area contributed by atoms with Crippen LogP contribution < -0.4 is 0 Å². The van der Waals surface area contributed by atoms with Crippen LogP contribution in [0.5, 0.6) is 0 Å². The summed E-state index contributed by atoms with van der Waals surface area (Å²) in [6.45, 7) is 2.24. The van der Waals surface area contributed by atoms with Crippen molar-refractivity contribution >= 4 is 29.2 Å². The first-order chi connectivity index (χ1) is 10.9. The molecule has 1 heterocycles. The molecule has 1 aliphatic rings. The first kappa shape index (κ1) is 17.2. The van der Waals surface area contributed by atoms with Crippen LogP contribution in [0, 0.1) is 10.1 Å². The van der Waals surface area contributed by atoms with Crippen molar-refractivity contribution in [3.8, 4) is 0 Å². The predicted octanol–water partition coefficient (Wildman–Crippen LogP) is 2.81. The lowest BCUT2D eigenvalue weighted by molar-refractivity contribution is -0.384. The van der Waals surface area contributed by atoms with E-state index in [0.717, 1.165) is 25.3 Å². The molecule has 0 spiro atoms. The molecule has 7 nitrogen and oxygen atoms in total. The first-order valence-corrected chi connectivity index (χ1v) is 7.68. The maximum atomic E-state index is 12.1. The van der Waals surface area contributed by atoms with Gasteiger partial charge in [-0.3, -0.25) is 14.9 Å². The van der Waals surface area contributed by atoms with Gasteiger partial charge in [0.15, 0.2) is 6.61 Å². The molecule has 0 aliphatic carbocycles. The molecule has 124 valence electrons. The number of nitrogens with zero attached hydrogens (tertiary/aromatic N) is 2. The fourth-order valence-electron chi connectivity index (χ4n) is 2.54. The molecule has 1 amide bonds. The lowest BCUT2D eigenvalue weighted by Gasteiger charge is -2.33. The standard InChI is InChI=1S/C15H17ClN2O5/c1-10-4-2-3-7-17(10)14(19)9-23-15(20)11-5-6-12(16)13(8-11)18(21)22/h5-6,8,10H,2-4,7,9H2,1H3/t10-/m1/s1. The molecule has 23 heavy (non-hydrogen) atoms. The van der Waals surface area contributed by atoms with Gasteiger partial charge in [-0.25, -0.2) is 4.79 Å². The van der Waals surface area contributed by atoms with E-state index in [1.54, 1.807) is 4.90 Å². The second-order valence-corrected chi connectivity index (χ2v) is 5.84. The quantitative estimate of drug-likeness (QED) is 0.477. The van der Waals surface area contributed by atoms with Crippen molar-refractivity contribution in [3.05, 3.63) is 38.9 Å². The van der Waals surface area contributed by atoms with E-state index in [1.807, 2.05) is 6.92 Å². The number of hydrogen-bond donors (Lipinski definition) is 0. The molecule has 0 bridgehead atoms. The van der Waals surface area contributed by atoms with Crippen LogP contribution in [0.2, 0.25) is 5.02 Å². The van der Waals surface area contributed by atoms with Crippen molar-refractivity contribution in [2.75, 3.05) is 13.2 Å². The molecule has 0 aromatic heterocycles. The molecule has 0 radical (unpaired) electrons. The number of likely N-dealkylation sites (tertiary alicyclic amines) is 1. The maximum Gasteiger partial charge on any atom is 0.338 e. The Kier molecular flexibility index (Phi) is 5.54. The van der Waals surface area contributed by atoms with Gasteiger partial charge in [0.25, 0.3) is 11.6 Å². The normalized spacial score (nSPS) is 17.7. The van der Waals surface area contributed by atoms with Crippen molar-refractivity contribution in [3.63, 3.8) is 0 Å². The second kappa shape index (κ2) is 7.41. The van der Waals surface area contributed by atoms with Crippen LogP contribution in [0.3, 0.4) is 0 Å². The van der Waals surface area contributed by atoms with Gasteiger partial charge in [-0.1, -0.05) is 11.6 Å². The fourth-order valence-corrected chi connectivity index (χ4v) is 2.73. The molecular formula is C15H17ClN2O5. The zero-order valence-electron chi connectivity index (χ0n) is 12.7. The van der Waals surface area contributed by atoms with Gasteiger partial charge in [-0.15, -0.1) is 0 Å². The summed E-state index contributed by atoms with van der Waals surface area (Å²) < 4.78 is 4.97. The monoisotopic (exact) mass is 340 g/mol. The second-order valence-electron chi connectivity index (χ2n) is 5.43. The van der Waals surface area contributed by atoms with Gasteiger partial charge >= 0.3 is 5.97 Å². The van der Waals surface area contributed by atoms with Crippen LogP contribution in [0.4, 0.5) is 5.69 Å². The SMILES string of the molecule is C[C@@H]1CCCCN1C(=O)COC(=O)c1ccc(Cl)c([N+](=O)[O-])c1. The molecule has 0 unspecified atom stereocenters. The van der Waals surface area contributed by atoms with Crippen LogP contribution in [0.25, 0.3) is 0 Å². The molecule has 8 heteroatoms. The molecule has 0 N–H and O–H groups in total. The molecule has 1 aromatic rings. The van der Waals surface area contributed by atoms with Gasteiger partial charge in [0.1, 0.15) is 5.02 Å². The number of nitro benzene ring substituents is 1. The average Bonchev–Trinajstić information content (AvgIpc) is 2.52. The smallest absolute Gasteiger partial charge is 0.338 e. The maximum absolute atomic E-state index is 12.1. The van der Waals surface area contributed by atoms with E-state index in [9.17, 15) is 19.7 Å².